The second-order valence-corrected chi connectivity index (χ2v) is 6.48. The number of hydrogen-bond acceptors (Lipinski definition) is 4. The van der Waals surface area contributed by atoms with E-state index in [1.165, 1.54) is 4.90 Å². The van der Waals surface area contributed by atoms with Crippen LogP contribution in [0.15, 0.2) is 48.5 Å². The van der Waals surface area contributed by atoms with Gasteiger partial charge in [-0.15, -0.1) is 0 Å². The molecule has 27 heavy (non-hydrogen) atoms. The summed E-state index contributed by atoms with van der Waals surface area (Å²) in [4.78, 5) is 37.5. The Morgan fingerprint density at radius 3 is 2.56 bits per heavy atom. The highest BCUT2D eigenvalue weighted by atomic mass is 16.5. The summed E-state index contributed by atoms with van der Waals surface area (Å²) in [5, 5.41) is 5.61. The second-order valence-electron chi connectivity index (χ2n) is 6.48. The van der Waals surface area contributed by atoms with Gasteiger partial charge in [-0.1, -0.05) is 18.2 Å². The number of nitrogens with one attached hydrogen (secondary N) is 2. The molecule has 2 aromatic carbocycles. The summed E-state index contributed by atoms with van der Waals surface area (Å²) in [6, 6.07) is 14.0. The number of anilines is 2. The van der Waals surface area contributed by atoms with E-state index in [1.807, 2.05) is 18.2 Å². The van der Waals surface area contributed by atoms with Crippen LogP contribution >= 0.6 is 0 Å². The molecule has 2 aromatic rings. The fourth-order valence-corrected chi connectivity index (χ4v) is 2.78. The van der Waals surface area contributed by atoms with Crippen LogP contribution in [-0.2, 0) is 14.4 Å². The van der Waals surface area contributed by atoms with Gasteiger partial charge < -0.3 is 20.3 Å². The minimum atomic E-state index is -0.538. The SMILES string of the molecule is CN(C)C(=O)COc1ccc(NC(=O)C2CC(=O)Nc3ccccc32)cc1. The van der Waals surface area contributed by atoms with Crippen LogP contribution in [-0.4, -0.2) is 43.3 Å². The van der Waals surface area contributed by atoms with Crippen LogP contribution in [0.4, 0.5) is 11.4 Å². The first kappa shape index (κ1) is 18.4. The summed E-state index contributed by atoms with van der Waals surface area (Å²) in [5.41, 5.74) is 2.06. The van der Waals surface area contributed by atoms with E-state index in [0.29, 0.717) is 17.1 Å². The maximum atomic E-state index is 12.7. The fourth-order valence-electron chi connectivity index (χ4n) is 2.78. The molecule has 3 amide bonds. The number of likely N-dealkylation sites (N-methyl/N-ethyl adjacent to an activating group) is 1. The highest BCUT2D eigenvalue weighted by molar-refractivity contribution is 6.05. The molecule has 1 atom stereocenters. The Morgan fingerprint density at radius 2 is 1.85 bits per heavy atom. The average molecular weight is 367 g/mol. The van der Waals surface area contributed by atoms with E-state index >= 15 is 0 Å². The summed E-state index contributed by atoms with van der Waals surface area (Å²) in [6.07, 6.45) is 0.108. The molecule has 7 nitrogen and oxygen atoms in total. The van der Waals surface area contributed by atoms with E-state index in [1.54, 1.807) is 44.4 Å². The van der Waals surface area contributed by atoms with Gasteiger partial charge in [0.2, 0.25) is 11.8 Å². The number of nitrogens with zero attached hydrogens (tertiary/aromatic N) is 1. The number of carbonyl (C=O) groups is 3. The number of fused-ring (bicyclic) bond motifs is 1. The number of hydrogen-bond donors (Lipinski definition) is 2. The zero-order valence-corrected chi connectivity index (χ0v) is 15.2. The fraction of sp³-hybridized carbons (Fsp3) is 0.250. The Bertz CT molecular complexity index is 862. The van der Waals surface area contributed by atoms with Crippen LogP contribution in [0.5, 0.6) is 5.75 Å². The van der Waals surface area contributed by atoms with Gasteiger partial charge in [-0.3, -0.25) is 14.4 Å². The van der Waals surface area contributed by atoms with Gasteiger partial charge in [-0.05, 0) is 35.9 Å². The van der Waals surface area contributed by atoms with Crippen molar-refractivity contribution in [2.24, 2.45) is 0 Å². The van der Waals surface area contributed by atoms with Crippen molar-refractivity contribution in [3.8, 4) is 5.75 Å². The van der Waals surface area contributed by atoms with Gasteiger partial charge in [0.15, 0.2) is 6.61 Å². The van der Waals surface area contributed by atoms with Gasteiger partial charge >= 0.3 is 0 Å². The normalized spacial score (nSPS) is 15.3. The third-order valence-electron chi connectivity index (χ3n) is 4.30. The standard InChI is InChI=1S/C20H21N3O4/c1-23(2)19(25)12-27-14-9-7-13(8-10-14)21-20(26)16-11-18(24)22-17-6-4-3-5-15(16)17/h3-10,16H,11-12H2,1-2H3,(H,21,26)(H,22,24). The van der Waals surface area contributed by atoms with Crippen LogP contribution in [0, 0.1) is 0 Å². The van der Waals surface area contributed by atoms with Crippen molar-refractivity contribution in [1.29, 1.82) is 0 Å². The first-order valence-corrected chi connectivity index (χ1v) is 8.56. The number of carbonyl (C=O) groups excluding carboxylic acids is 3. The average Bonchev–Trinajstić information content (AvgIpc) is 2.66. The van der Waals surface area contributed by atoms with Crippen molar-refractivity contribution in [1.82, 2.24) is 4.90 Å². The predicted octanol–water partition coefficient (Wildman–Crippen LogP) is 2.22. The van der Waals surface area contributed by atoms with E-state index in [-0.39, 0.29) is 30.7 Å². The molecule has 0 fully saturated rings. The zero-order valence-electron chi connectivity index (χ0n) is 15.2. The predicted molar refractivity (Wildman–Crippen MR) is 102 cm³/mol. The zero-order chi connectivity index (χ0) is 19.4. The van der Waals surface area contributed by atoms with Gasteiger partial charge in [0.05, 0.1) is 5.92 Å². The molecule has 0 saturated carbocycles. The third kappa shape index (κ3) is 4.44. The van der Waals surface area contributed by atoms with Gasteiger partial charge in [-0.25, -0.2) is 0 Å². The van der Waals surface area contributed by atoms with Gasteiger partial charge in [0.1, 0.15) is 5.75 Å². The van der Waals surface area contributed by atoms with Crippen LogP contribution in [0.2, 0.25) is 0 Å². The van der Waals surface area contributed by atoms with Gasteiger partial charge in [-0.2, -0.15) is 0 Å². The lowest BCUT2D eigenvalue weighted by atomic mass is 9.90. The quantitative estimate of drug-likeness (QED) is 0.848. The Hall–Kier alpha value is -3.35. The molecule has 1 unspecified atom stereocenters. The Labute approximate surface area is 157 Å². The van der Waals surface area contributed by atoms with E-state index in [9.17, 15) is 14.4 Å². The van der Waals surface area contributed by atoms with E-state index in [2.05, 4.69) is 10.6 Å². The second kappa shape index (κ2) is 7.90. The molecule has 0 aliphatic carbocycles. The van der Waals surface area contributed by atoms with E-state index in [4.69, 9.17) is 4.74 Å². The largest absolute Gasteiger partial charge is 0.484 e. The summed E-state index contributed by atoms with van der Waals surface area (Å²) in [6.45, 7) is -0.0489. The van der Waals surface area contributed by atoms with Gasteiger partial charge in [0.25, 0.3) is 5.91 Å². The number of ether oxygens (including phenoxy) is 1. The molecule has 0 bridgehead atoms. The number of benzene rings is 2. The molecule has 0 saturated heterocycles. The highest BCUT2D eigenvalue weighted by Crippen LogP contribution is 2.32. The lowest BCUT2D eigenvalue weighted by molar-refractivity contribution is -0.130. The number of rotatable bonds is 5. The van der Waals surface area contributed by atoms with Crippen molar-refractivity contribution >= 4 is 29.1 Å². The van der Waals surface area contributed by atoms with E-state index in [0.717, 1.165) is 5.56 Å². The minimum absolute atomic E-state index is 0.0489. The molecule has 0 spiro atoms. The van der Waals surface area contributed by atoms with Crippen LogP contribution in [0.1, 0.15) is 17.9 Å². The third-order valence-corrected chi connectivity index (χ3v) is 4.30. The maximum absolute atomic E-state index is 12.7. The summed E-state index contributed by atoms with van der Waals surface area (Å²) >= 11 is 0. The van der Waals surface area contributed by atoms with Gasteiger partial charge in [0, 0.05) is 31.9 Å². The number of amides is 3. The Balaban J connectivity index is 1.65. The topological polar surface area (TPSA) is 87.7 Å². The van der Waals surface area contributed by atoms with Crippen LogP contribution in [0.3, 0.4) is 0 Å². The van der Waals surface area contributed by atoms with Crippen molar-refractivity contribution in [3.63, 3.8) is 0 Å². The van der Waals surface area contributed by atoms with Crippen molar-refractivity contribution in [2.45, 2.75) is 12.3 Å². The molecule has 1 heterocycles. The van der Waals surface area contributed by atoms with Crippen LogP contribution < -0.4 is 15.4 Å². The maximum Gasteiger partial charge on any atom is 0.259 e. The summed E-state index contributed by atoms with van der Waals surface area (Å²) < 4.78 is 5.41. The highest BCUT2D eigenvalue weighted by Gasteiger charge is 2.30. The lowest BCUT2D eigenvalue weighted by Crippen LogP contribution is -2.30. The summed E-state index contributed by atoms with van der Waals surface area (Å²) in [5.74, 6) is -0.562. The smallest absolute Gasteiger partial charge is 0.259 e. The molecule has 7 heteroatoms. The van der Waals surface area contributed by atoms with E-state index < -0.39 is 5.92 Å². The molecule has 3 rings (SSSR count). The lowest BCUT2D eigenvalue weighted by Gasteiger charge is -2.24. The van der Waals surface area contributed by atoms with Crippen LogP contribution in [0.25, 0.3) is 0 Å². The molecular weight excluding hydrogens is 346 g/mol. The Morgan fingerprint density at radius 1 is 1.15 bits per heavy atom. The molecular formula is C20H21N3O4. The van der Waals surface area contributed by atoms with Crippen molar-refractivity contribution in [3.05, 3.63) is 54.1 Å². The minimum Gasteiger partial charge on any atom is -0.484 e. The summed E-state index contributed by atoms with van der Waals surface area (Å²) in [7, 11) is 3.32. The van der Waals surface area contributed by atoms with Crippen molar-refractivity contribution in [2.75, 3.05) is 31.3 Å². The molecule has 0 radical (unpaired) electrons. The molecule has 1 aliphatic rings. The van der Waals surface area contributed by atoms with Crippen molar-refractivity contribution < 1.29 is 19.1 Å². The monoisotopic (exact) mass is 367 g/mol. The molecule has 140 valence electrons. The molecule has 1 aliphatic heterocycles. The first-order chi connectivity index (χ1) is 12.9. The molecule has 0 aromatic heterocycles. The number of para-hydroxylation sites is 1. The Kier molecular flexibility index (Phi) is 5.40. The molecule has 2 N–H and O–H groups in total. The first-order valence-electron chi connectivity index (χ1n) is 8.56.